The SMILES string of the molecule is CNCc1cnn(-c2ccc(F)cc2)c1C(C)C. The highest BCUT2D eigenvalue weighted by Gasteiger charge is 2.14. The highest BCUT2D eigenvalue weighted by Crippen LogP contribution is 2.23. The Kier molecular flexibility index (Phi) is 3.77. The smallest absolute Gasteiger partial charge is 0.123 e. The first-order valence-electron chi connectivity index (χ1n) is 6.10. The standard InChI is InChI=1S/C14H18FN3/c1-10(2)14-11(8-16-3)9-17-18(14)13-6-4-12(15)5-7-13/h4-7,9-10,16H,8H2,1-3H3. The summed E-state index contributed by atoms with van der Waals surface area (Å²) in [6.07, 6.45) is 1.87. The Morgan fingerprint density at radius 3 is 2.50 bits per heavy atom. The van der Waals surface area contributed by atoms with Gasteiger partial charge >= 0.3 is 0 Å². The maximum absolute atomic E-state index is 12.9. The molecule has 2 rings (SSSR count). The van der Waals surface area contributed by atoms with Crippen LogP contribution in [0.2, 0.25) is 0 Å². The van der Waals surface area contributed by atoms with Crippen LogP contribution in [0.3, 0.4) is 0 Å². The predicted octanol–water partition coefficient (Wildman–Crippen LogP) is 2.85. The van der Waals surface area contributed by atoms with Crippen molar-refractivity contribution >= 4 is 0 Å². The number of hydrogen-bond donors (Lipinski definition) is 1. The topological polar surface area (TPSA) is 29.9 Å². The zero-order valence-electron chi connectivity index (χ0n) is 10.9. The second kappa shape index (κ2) is 5.31. The fraction of sp³-hybridized carbons (Fsp3) is 0.357. The molecule has 4 heteroatoms. The van der Waals surface area contributed by atoms with E-state index in [1.165, 1.54) is 17.7 Å². The summed E-state index contributed by atoms with van der Waals surface area (Å²) in [6, 6.07) is 6.41. The summed E-state index contributed by atoms with van der Waals surface area (Å²) >= 11 is 0. The van der Waals surface area contributed by atoms with Crippen molar-refractivity contribution in [1.82, 2.24) is 15.1 Å². The second-order valence-electron chi connectivity index (χ2n) is 4.63. The lowest BCUT2D eigenvalue weighted by Crippen LogP contribution is -2.10. The third-order valence-corrected chi connectivity index (χ3v) is 2.87. The van der Waals surface area contributed by atoms with Crippen LogP contribution in [-0.4, -0.2) is 16.8 Å². The molecular weight excluding hydrogens is 229 g/mol. The van der Waals surface area contributed by atoms with Crippen LogP contribution in [0, 0.1) is 5.82 Å². The fourth-order valence-corrected chi connectivity index (χ4v) is 2.12. The molecular formula is C14H18FN3. The van der Waals surface area contributed by atoms with E-state index in [4.69, 9.17) is 0 Å². The van der Waals surface area contributed by atoms with E-state index in [1.807, 2.05) is 17.9 Å². The van der Waals surface area contributed by atoms with E-state index in [1.54, 1.807) is 12.1 Å². The molecule has 1 N–H and O–H groups in total. The molecule has 0 radical (unpaired) electrons. The van der Waals surface area contributed by atoms with Gasteiger partial charge in [0.1, 0.15) is 5.82 Å². The van der Waals surface area contributed by atoms with E-state index < -0.39 is 0 Å². The zero-order valence-corrected chi connectivity index (χ0v) is 10.9. The van der Waals surface area contributed by atoms with E-state index in [0.29, 0.717) is 5.92 Å². The van der Waals surface area contributed by atoms with Gasteiger partial charge in [-0.05, 0) is 37.2 Å². The van der Waals surface area contributed by atoms with E-state index in [2.05, 4.69) is 24.3 Å². The quantitative estimate of drug-likeness (QED) is 0.900. The van der Waals surface area contributed by atoms with Gasteiger partial charge in [0.25, 0.3) is 0 Å². The van der Waals surface area contributed by atoms with Crippen molar-refractivity contribution < 1.29 is 4.39 Å². The molecule has 1 aromatic heterocycles. The van der Waals surface area contributed by atoms with Crippen LogP contribution in [0.25, 0.3) is 5.69 Å². The fourth-order valence-electron chi connectivity index (χ4n) is 2.12. The van der Waals surface area contributed by atoms with Crippen molar-refractivity contribution in [3.8, 4) is 5.69 Å². The molecule has 0 unspecified atom stereocenters. The van der Waals surface area contributed by atoms with Crippen molar-refractivity contribution in [2.45, 2.75) is 26.3 Å². The van der Waals surface area contributed by atoms with Crippen LogP contribution in [0.5, 0.6) is 0 Å². The molecule has 2 aromatic rings. The van der Waals surface area contributed by atoms with Gasteiger partial charge in [0.15, 0.2) is 0 Å². The van der Waals surface area contributed by atoms with Crippen LogP contribution in [0.15, 0.2) is 30.5 Å². The molecule has 0 saturated carbocycles. The minimum absolute atomic E-state index is 0.229. The number of aromatic nitrogens is 2. The summed E-state index contributed by atoms with van der Waals surface area (Å²) in [7, 11) is 1.92. The minimum atomic E-state index is -0.229. The molecule has 0 fully saturated rings. The highest BCUT2D eigenvalue weighted by atomic mass is 19.1. The Morgan fingerprint density at radius 1 is 1.28 bits per heavy atom. The van der Waals surface area contributed by atoms with Gasteiger partial charge < -0.3 is 5.32 Å². The van der Waals surface area contributed by atoms with Gasteiger partial charge in [-0.25, -0.2) is 9.07 Å². The number of halogens is 1. The molecule has 0 aliphatic heterocycles. The van der Waals surface area contributed by atoms with Crippen LogP contribution in [0.1, 0.15) is 31.0 Å². The molecule has 96 valence electrons. The molecule has 0 atom stereocenters. The molecule has 3 nitrogen and oxygen atoms in total. The summed E-state index contributed by atoms with van der Waals surface area (Å²) in [5.74, 6) is 0.133. The molecule has 18 heavy (non-hydrogen) atoms. The lowest BCUT2D eigenvalue weighted by molar-refractivity contribution is 0.626. The maximum Gasteiger partial charge on any atom is 0.123 e. The van der Waals surface area contributed by atoms with Crippen molar-refractivity contribution in [2.24, 2.45) is 0 Å². The van der Waals surface area contributed by atoms with Gasteiger partial charge in [-0.15, -0.1) is 0 Å². The normalized spacial score (nSPS) is 11.2. The van der Waals surface area contributed by atoms with E-state index in [0.717, 1.165) is 17.9 Å². The first-order chi connectivity index (χ1) is 8.63. The van der Waals surface area contributed by atoms with E-state index in [-0.39, 0.29) is 5.82 Å². The number of nitrogens with zero attached hydrogens (tertiary/aromatic N) is 2. The number of hydrogen-bond acceptors (Lipinski definition) is 2. The van der Waals surface area contributed by atoms with Crippen LogP contribution < -0.4 is 5.32 Å². The van der Waals surface area contributed by atoms with Crippen molar-refractivity contribution in [1.29, 1.82) is 0 Å². The molecule has 1 aromatic carbocycles. The maximum atomic E-state index is 12.9. The summed E-state index contributed by atoms with van der Waals surface area (Å²) < 4.78 is 14.8. The predicted molar refractivity (Wildman–Crippen MR) is 70.4 cm³/mol. The lowest BCUT2D eigenvalue weighted by Gasteiger charge is -2.12. The van der Waals surface area contributed by atoms with Crippen LogP contribution in [0.4, 0.5) is 4.39 Å². The van der Waals surface area contributed by atoms with Gasteiger partial charge in [-0.2, -0.15) is 5.10 Å². The molecule has 0 aliphatic rings. The Balaban J connectivity index is 2.47. The third kappa shape index (κ3) is 2.43. The summed E-state index contributed by atoms with van der Waals surface area (Å²) in [5, 5.41) is 7.55. The van der Waals surface area contributed by atoms with Crippen molar-refractivity contribution in [2.75, 3.05) is 7.05 Å². The van der Waals surface area contributed by atoms with Gasteiger partial charge in [-0.3, -0.25) is 0 Å². The Bertz CT molecular complexity index is 514. The van der Waals surface area contributed by atoms with Gasteiger partial charge in [0.2, 0.25) is 0 Å². The van der Waals surface area contributed by atoms with Crippen molar-refractivity contribution in [3.05, 3.63) is 47.5 Å². The van der Waals surface area contributed by atoms with Crippen LogP contribution in [-0.2, 0) is 6.54 Å². The third-order valence-electron chi connectivity index (χ3n) is 2.87. The first-order valence-corrected chi connectivity index (χ1v) is 6.10. The Morgan fingerprint density at radius 2 is 1.94 bits per heavy atom. The van der Waals surface area contributed by atoms with Crippen LogP contribution >= 0.6 is 0 Å². The van der Waals surface area contributed by atoms with E-state index >= 15 is 0 Å². The number of rotatable bonds is 4. The number of nitrogens with one attached hydrogen (secondary N) is 1. The van der Waals surface area contributed by atoms with Gasteiger partial charge in [0.05, 0.1) is 17.6 Å². The van der Waals surface area contributed by atoms with Crippen molar-refractivity contribution in [3.63, 3.8) is 0 Å². The molecule has 1 heterocycles. The molecule has 0 aliphatic carbocycles. The zero-order chi connectivity index (χ0) is 13.1. The van der Waals surface area contributed by atoms with Gasteiger partial charge in [-0.1, -0.05) is 13.8 Å². The Hall–Kier alpha value is -1.68. The number of benzene rings is 1. The lowest BCUT2D eigenvalue weighted by atomic mass is 10.1. The summed E-state index contributed by atoms with van der Waals surface area (Å²) in [4.78, 5) is 0. The monoisotopic (exact) mass is 247 g/mol. The summed E-state index contributed by atoms with van der Waals surface area (Å²) in [6.45, 7) is 5.06. The average Bonchev–Trinajstić information content (AvgIpc) is 2.74. The second-order valence-corrected chi connectivity index (χ2v) is 4.63. The average molecular weight is 247 g/mol. The van der Waals surface area contributed by atoms with Gasteiger partial charge in [0, 0.05) is 12.1 Å². The summed E-state index contributed by atoms with van der Waals surface area (Å²) in [5.41, 5.74) is 3.23. The first kappa shape index (κ1) is 12.8. The molecule has 0 bridgehead atoms. The highest BCUT2D eigenvalue weighted by molar-refractivity contribution is 5.36. The Labute approximate surface area is 107 Å². The largest absolute Gasteiger partial charge is 0.316 e. The van der Waals surface area contributed by atoms with E-state index in [9.17, 15) is 4.39 Å². The molecule has 0 saturated heterocycles. The molecule has 0 amide bonds. The minimum Gasteiger partial charge on any atom is -0.316 e. The molecule has 0 spiro atoms.